The molecule has 0 radical (unpaired) electrons. The fourth-order valence-corrected chi connectivity index (χ4v) is 2.21. The third-order valence-electron chi connectivity index (χ3n) is 3.66. The predicted octanol–water partition coefficient (Wildman–Crippen LogP) is 3.07. The molecule has 0 spiro atoms. The standard InChI is InChI=1S/C16H13F6N3O2/c17-15(18,19)13-24-8-10(9-25-13)12(26)23-7-6-14(27,16(20,21)22)11-4-2-1-3-5-11/h1-5,8-9,27H,6-7H2,(H,23,26). The minimum absolute atomic E-state index is 0.363. The van der Waals surface area contributed by atoms with Crippen LogP contribution in [0.1, 0.15) is 28.2 Å². The number of rotatable bonds is 5. The summed E-state index contributed by atoms with van der Waals surface area (Å²) in [4.78, 5) is 17.8. The monoisotopic (exact) mass is 393 g/mol. The van der Waals surface area contributed by atoms with Crippen molar-refractivity contribution in [3.05, 3.63) is 59.7 Å². The minimum atomic E-state index is -5.00. The largest absolute Gasteiger partial charge is 0.451 e. The van der Waals surface area contributed by atoms with E-state index in [-0.39, 0.29) is 5.56 Å². The summed E-state index contributed by atoms with van der Waals surface area (Å²) in [5.74, 6) is -2.42. The van der Waals surface area contributed by atoms with E-state index in [1.807, 2.05) is 0 Å². The fourth-order valence-electron chi connectivity index (χ4n) is 2.21. The number of carbonyl (C=O) groups excluding carboxylic acids is 1. The van der Waals surface area contributed by atoms with Gasteiger partial charge in [0.05, 0.1) is 5.56 Å². The van der Waals surface area contributed by atoms with Gasteiger partial charge in [-0.15, -0.1) is 0 Å². The van der Waals surface area contributed by atoms with Crippen molar-refractivity contribution in [1.29, 1.82) is 0 Å². The summed E-state index contributed by atoms with van der Waals surface area (Å²) in [7, 11) is 0. The number of benzene rings is 1. The number of nitrogens with zero attached hydrogens (tertiary/aromatic N) is 2. The van der Waals surface area contributed by atoms with Crippen LogP contribution in [0.3, 0.4) is 0 Å². The molecule has 1 amide bonds. The summed E-state index contributed by atoms with van der Waals surface area (Å²) < 4.78 is 77.0. The van der Waals surface area contributed by atoms with Crippen LogP contribution in [0.5, 0.6) is 0 Å². The Kier molecular flexibility index (Phi) is 5.73. The van der Waals surface area contributed by atoms with E-state index in [1.54, 1.807) is 0 Å². The van der Waals surface area contributed by atoms with Gasteiger partial charge in [-0.05, 0) is 5.56 Å². The van der Waals surface area contributed by atoms with Gasteiger partial charge in [0.15, 0.2) is 5.60 Å². The van der Waals surface area contributed by atoms with E-state index in [1.165, 1.54) is 18.2 Å². The summed E-state index contributed by atoms with van der Waals surface area (Å²) in [5.41, 5.74) is -3.96. The van der Waals surface area contributed by atoms with Crippen molar-refractivity contribution >= 4 is 5.91 Å². The van der Waals surface area contributed by atoms with Crippen molar-refractivity contribution in [2.75, 3.05) is 6.54 Å². The van der Waals surface area contributed by atoms with Gasteiger partial charge in [-0.1, -0.05) is 30.3 Å². The Bertz CT molecular complexity index is 777. The first-order chi connectivity index (χ1) is 12.4. The van der Waals surface area contributed by atoms with Gasteiger partial charge in [-0.2, -0.15) is 26.3 Å². The van der Waals surface area contributed by atoms with Crippen molar-refractivity contribution in [3.63, 3.8) is 0 Å². The summed E-state index contributed by atoms with van der Waals surface area (Å²) in [6.07, 6.45) is -9.46. The van der Waals surface area contributed by atoms with Crippen LogP contribution in [-0.4, -0.2) is 33.7 Å². The van der Waals surface area contributed by atoms with Gasteiger partial charge in [-0.3, -0.25) is 4.79 Å². The molecule has 0 aliphatic rings. The zero-order chi connectivity index (χ0) is 20.3. The minimum Gasteiger partial charge on any atom is -0.376 e. The number of aromatic nitrogens is 2. The van der Waals surface area contributed by atoms with Crippen LogP contribution in [0.4, 0.5) is 26.3 Å². The zero-order valence-corrected chi connectivity index (χ0v) is 13.5. The summed E-state index contributed by atoms with van der Waals surface area (Å²) in [6, 6.07) is 6.32. The Hall–Kier alpha value is -2.69. The third-order valence-corrected chi connectivity index (χ3v) is 3.66. The molecule has 0 fully saturated rings. The van der Waals surface area contributed by atoms with E-state index in [0.717, 1.165) is 12.1 Å². The molecule has 146 valence electrons. The average molecular weight is 393 g/mol. The Balaban J connectivity index is 2.06. The fraction of sp³-hybridized carbons (Fsp3) is 0.312. The smallest absolute Gasteiger partial charge is 0.376 e. The SMILES string of the molecule is O=C(NCCC(O)(c1ccccc1)C(F)(F)F)c1cnc(C(F)(F)F)nc1. The molecule has 1 aromatic carbocycles. The maximum Gasteiger partial charge on any atom is 0.451 e. The lowest BCUT2D eigenvalue weighted by Gasteiger charge is -2.31. The van der Waals surface area contributed by atoms with Crippen molar-refractivity contribution in [1.82, 2.24) is 15.3 Å². The van der Waals surface area contributed by atoms with Crippen LogP contribution in [0.2, 0.25) is 0 Å². The first kappa shape index (κ1) is 20.6. The maximum atomic E-state index is 13.3. The van der Waals surface area contributed by atoms with Crippen molar-refractivity contribution in [2.24, 2.45) is 0 Å². The summed E-state index contributed by atoms with van der Waals surface area (Å²) in [6.45, 7) is -0.593. The molecule has 5 nitrogen and oxygen atoms in total. The Morgan fingerprint density at radius 1 is 1.00 bits per heavy atom. The molecule has 0 saturated heterocycles. The van der Waals surface area contributed by atoms with Gasteiger partial charge in [-0.25, -0.2) is 9.97 Å². The number of hydrogen-bond acceptors (Lipinski definition) is 4. The maximum absolute atomic E-state index is 13.3. The first-order valence-electron chi connectivity index (χ1n) is 7.47. The van der Waals surface area contributed by atoms with Crippen LogP contribution in [-0.2, 0) is 11.8 Å². The quantitative estimate of drug-likeness (QED) is 0.766. The number of halogens is 6. The Morgan fingerprint density at radius 2 is 1.56 bits per heavy atom. The number of hydrogen-bond donors (Lipinski definition) is 2. The highest BCUT2D eigenvalue weighted by Gasteiger charge is 2.54. The van der Waals surface area contributed by atoms with Crippen LogP contribution >= 0.6 is 0 Å². The molecule has 1 unspecified atom stereocenters. The molecule has 0 saturated carbocycles. The van der Waals surface area contributed by atoms with Gasteiger partial charge in [0.2, 0.25) is 5.82 Å². The number of aliphatic hydroxyl groups is 1. The molecule has 2 N–H and O–H groups in total. The van der Waals surface area contributed by atoms with Crippen molar-refractivity contribution in [2.45, 2.75) is 24.4 Å². The third kappa shape index (κ3) is 4.73. The van der Waals surface area contributed by atoms with Gasteiger partial charge in [0.25, 0.3) is 5.91 Å². The number of amides is 1. The molecule has 0 aliphatic heterocycles. The highest BCUT2D eigenvalue weighted by Crippen LogP contribution is 2.41. The number of nitrogens with one attached hydrogen (secondary N) is 1. The molecule has 0 bridgehead atoms. The molecular weight excluding hydrogens is 380 g/mol. The van der Waals surface area contributed by atoms with E-state index in [9.17, 15) is 36.2 Å². The van der Waals surface area contributed by atoms with Crippen molar-refractivity contribution in [3.8, 4) is 0 Å². The van der Waals surface area contributed by atoms with Crippen LogP contribution in [0.15, 0.2) is 42.7 Å². The lowest BCUT2D eigenvalue weighted by atomic mass is 9.89. The molecule has 1 heterocycles. The van der Waals surface area contributed by atoms with E-state index < -0.39 is 48.2 Å². The second kappa shape index (κ2) is 7.51. The van der Waals surface area contributed by atoms with Crippen molar-refractivity contribution < 1.29 is 36.2 Å². The zero-order valence-electron chi connectivity index (χ0n) is 13.5. The van der Waals surface area contributed by atoms with E-state index in [4.69, 9.17) is 0 Å². The summed E-state index contributed by atoms with van der Waals surface area (Å²) in [5, 5.41) is 12.2. The molecule has 0 aliphatic carbocycles. The Morgan fingerprint density at radius 3 is 2.04 bits per heavy atom. The van der Waals surface area contributed by atoms with E-state index in [2.05, 4.69) is 15.3 Å². The average Bonchev–Trinajstić information content (AvgIpc) is 2.60. The van der Waals surface area contributed by atoms with Gasteiger partial charge in [0.1, 0.15) is 0 Å². The number of carbonyl (C=O) groups is 1. The van der Waals surface area contributed by atoms with E-state index >= 15 is 0 Å². The normalized spacial score (nSPS) is 14.5. The molecule has 27 heavy (non-hydrogen) atoms. The lowest BCUT2D eigenvalue weighted by molar-refractivity contribution is -0.268. The second-order valence-corrected chi connectivity index (χ2v) is 5.52. The van der Waals surface area contributed by atoms with Crippen LogP contribution < -0.4 is 5.32 Å². The molecule has 1 aromatic heterocycles. The molecule has 2 rings (SSSR count). The molecule has 1 atom stereocenters. The first-order valence-corrected chi connectivity index (χ1v) is 7.47. The topological polar surface area (TPSA) is 75.1 Å². The Labute approximate surface area is 149 Å². The van der Waals surface area contributed by atoms with Gasteiger partial charge < -0.3 is 10.4 Å². The van der Waals surface area contributed by atoms with E-state index in [0.29, 0.717) is 12.4 Å². The predicted molar refractivity (Wildman–Crippen MR) is 80.4 cm³/mol. The molecule has 2 aromatic rings. The second-order valence-electron chi connectivity index (χ2n) is 5.52. The van der Waals surface area contributed by atoms with Crippen LogP contribution in [0, 0.1) is 0 Å². The highest BCUT2D eigenvalue weighted by atomic mass is 19.4. The highest BCUT2D eigenvalue weighted by molar-refractivity contribution is 5.93. The summed E-state index contributed by atoms with van der Waals surface area (Å²) >= 11 is 0. The lowest BCUT2D eigenvalue weighted by Crippen LogP contribution is -2.45. The van der Waals surface area contributed by atoms with Gasteiger partial charge in [0, 0.05) is 25.4 Å². The number of alkyl halides is 6. The van der Waals surface area contributed by atoms with Gasteiger partial charge >= 0.3 is 12.4 Å². The van der Waals surface area contributed by atoms with Crippen LogP contribution in [0.25, 0.3) is 0 Å². The molecule has 11 heteroatoms. The molecular formula is C16H13F6N3O2.